The minimum Gasteiger partial charge on any atom is -0.493 e. The van der Waals surface area contributed by atoms with Gasteiger partial charge in [0.25, 0.3) is 0 Å². The van der Waals surface area contributed by atoms with Gasteiger partial charge >= 0.3 is 0 Å². The first-order valence-corrected chi connectivity index (χ1v) is 9.53. The lowest BCUT2D eigenvalue weighted by atomic mass is 9.97. The van der Waals surface area contributed by atoms with Crippen LogP contribution in [0.5, 0.6) is 11.5 Å². The molecule has 0 spiro atoms. The second-order valence-corrected chi connectivity index (χ2v) is 7.89. The van der Waals surface area contributed by atoms with E-state index in [0.29, 0.717) is 43.1 Å². The summed E-state index contributed by atoms with van der Waals surface area (Å²) < 4.78 is 35.6. The smallest absolute Gasteiger partial charge is 0.227 e. The van der Waals surface area contributed by atoms with Gasteiger partial charge in [-0.1, -0.05) is 0 Å². The Hall–Kier alpha value is -1.80. The van der Waals surface area contributed by atoms with Gasteiger partial charge in [-0.3, -0.25) is 4.79 Å². The maximum atomic E-state index is 12.4. The molecule has 1 aromatic carbocycles. The minimum absolute atomic E-state index is 0.0928. The van der Waals surface area contributed by atoms with Gasteiger partial charge in [0.05, 0.1) is 20.0 Å². The van der Waals surface area contributed by atoms with Crippen molar-refractivity contribution in [3.05, 3.63) is 18.2 Å². The number of piperidine rings is 1. The summed E-state index contributed by atoms with van der Waals surface area (Å²) in [5.74, 6) is 0.931. The van der Waals surface area contributed by atoms with Crippen LogP contribution in [-0.4, -0.2) is 51.7 Å². The van der Waals surface area contributed by atoms with Gasteiger partial charge in [-0.25, -0.2) is 12.7 Å². The molecule has 0 aromatic heterocycles. The molecule has 0 bridgehead atoms. The molecule has 1 heterocycles. The maximum Gasteiger partial charge on any atom is 0.227 e. The summed E-state index contributed by atoms with van der Waals surface area (Å²) in [7, 11) is -0.0899. The van der Waals surface area contributed by atoms with Crippen LogP contribution in [0.4, 0.5) is 5.69 Å². The number of rotatable bonds is 6. The molecule has 0 unspecified atom stereocenters. The summed E-state index contributed by atoms with van der Waals surface area (Å²) in [5, 5.41) is 2.86. The molecule has 0 atom stereocenters. The number of carbonyl (C=O) groups is 1. The SMILES string of the molecule is CCS(=O)(=O)N1CCC(C(=O)Nc2ccc(OC)c(OC)c2)CC1. The Balaban J connectivity index is 1.97. The van der Waals surface area contributed by atoms with Crippen molar-refractivity contribution in [2.24, 2.45) is 5.92 Å². The van der Waals surface area contributed by atoms with E-state index in [1.54, 1.807) is 32.2 Å². The van der Waals surface area contributed by atoms with E-state index in [2.05, 4.69) is 5.32 Å². The van der Waals surface area contributed by atoms with Crippen LogP contribution in [-0.2, 0) is 14.8 Å². The minimum atomic E-state index is -3.17. The predicted molar refractivity (Wildman–Crippen MR) is 91.9 cm³/mol. The molecule has 1 aromatic rings. The Kier molecular flexibility index (Phi) is 6.06. The molecule has 1 aliphatic rings. The van der Waals surface area contributed by atoms with Gasteiger partial charge in [0.15, 0.2) is 11.5 Å². The van der Waals surface area contributed by atoms with Gasteiger partial charge in [0.1, 0.15) is 0 Å². The number of nitrogens with zero attached hydrogens (tertiary/aromatic N) is 1. The van der Waals surface area contributed by atoms with Crippen LogP contribution < -0.4 is 14.8 Å². The molecule has 1 N–H and O–H groups in total. The zero-order chi connectivity index (χ0) is 17.7. The molecule has 7 nitrogen and oxygen atoms in total. The largest absolute Gasteiger partial charge is 0.493 e. The summed E-state index contributed by atoms with van der Waals surface area (Å²) in [6.07, 6.45) is 1.05. The second kappa shape index (κ2) is 7.85. The standard InChI is InChI=1S/C16H24N2O5S/c1-4-24(20,21)18-9-7-12(8-10-18)16(19)17-13-5-6-14(22-2)15(11-13)23-3/h5-6,11-12H,4,7-10H2,1-3H3,(H,17,19). The van der Waals surface area contributed by atoms with Crippen LogP contribution in [0.25, 0.3) is 0 Å². The first-order valence-electron chi connectivity index (χ1n) is 7.92. The molecule has 2 rings (SSSR count). The number of hydrogen-bond donors (Lipinski definition) is 1. The summed E-state index contributed by atoms with van der Waals surface area (Å²) >= 11 is 0. The van der Waals surface area contributed by atoms with E-state index in [0.717, 1.165) is 0 Å². The maximum absolute atomic E-state index is 12.4. The first-order chi connectivity index (χ1) is 11.4. The fourth-order valence-electron chi connectivity index (χ4n) is 2.74. The number of sulfonamides is 1. The molecule has 0 aliphatic carbocycles. The van der Waals surface area contributed by atoms with E-state index in [9.17, 15) is 13.2 Å². The number of anilines is 1. The molecular formula is C16H24N2O5S. The van der Waals surface area contributed by atoms with Crippen LogP contribution in [0.3, 0.4) is 0 Å². The molecule has 1 saturated heterocycles. The Morgan fingerprint density at radius 1 is 1.21 bits per heavy atom. The van der Waals surface area contributed by atoms with Crippen molar-refractivity contribution in [1.82, 2.24) is 4.31 Å². The van der Waals surface area contributed by atoms with Crippen LogP contribution >= 0.6 is 0 Å². The lowest BCUT2D eigenvalue weighted by Gasteiger charge is -2.30. The Morgan fingerprint density at radius 3 is 2.38 bits per heavy atom. The quantitative estimate of drug-likeness (QED) is 0.839. The Bertz CT molecular complexity index is 682. The molecule has 1 amide bonds. The van der Waals surface area contributed by atoms with Gasteiger partial charge < -0.3 is 14.8 Å². The average molecular weight is 356 g/mol. The second-order valence-electron chi connectivity index (χ2n) is 5.63. The predicted octanol–water partition coefficient (Wildman–Crippen LogP) is 1.70. The van der Waals surface area contributed by atoms with Gasteiger partial charge in [-0.15, -0.1) is 0 Å². The third kappa shape index (κ3) is 4.18. The fraction of sp³-hybridized carbons (Fsp3) is 0.562. The molecule has 1 fully saturated rings. The highest BCUT2D eigenvalue weighted by Crippen LogP contribution is 2.30. The van der Waals surface area contributed by atoms with Crippen molar-refractivity contribution in [1.29, 1.82) is 0 Å². The molecule has 1 aliphatic heterocycles. The van der Waals surface area contributed by atoms with Crippen molar-refractivity contribution in [3.8, 4) is 11.5 Å². The lowest BCUT2D eigenvalue weighted by molar-refractivity contribution is -0.120. The van der Waals surface area contributed by atoms with Crippen molar-refractivity contribution >= 4 is 21.6 Å². The third-order valence-electron chi connectivity index (χ3n) is 4.23. The summed E-state index contributed by atoms with van der Waals surface area (Å²) in [6, 6.07) is 5.17. The van der Waals surface area contributed by atoms with E-state index in [1.165, 1.54) is 11.4 Å². The van der Waals surface area contributed by atoms with E-state index in [4.69, 9.17) is 9.47 Å². The number of methoxy groups -OCH3 is 2. The van der Waals surface area contributed by atoms with E-state index in [1.807, 2.05) is 0 Å². The number of hydrogen-bond acceptors (Lipinski definition) is 5. The van der Waals surface area contributed by atoms with Crippen LogP contribution in [0.2, 0.25) is 0 Å². The number of benzene rings is 1. The number of amides is 1. The lowest BCUT2D eigenvalue weighted by Crippen LogP contribution is -2.42. The molecule has 24 heavy (non-hydrogen) atoms. The molecule has 134 valence electrons. The van der Waals surface area contributed by atoms with Crippen molar-refractivity contribution in [3.63, 3.8) is 0 Å². The van der Waals surface area contributed by atoms with Crippen LogP contribution in [0.15, 0.2) is 18.2 Å². The Morgan fingerprint density at radius 2 is 1.83 bits per heavy atom. The topological polar surface area (TPSA) is 84.9 Å². The normalized spacial score (nSPS) is 16.6. The van der Waals surface area contributed by atoms with Gasteiger partial charge in [-0.05, 0) is 31.9 Å². The van der Waals surface area contributed by atoms with Gasteiger partial charge in [0.2, 0.25) is 15.9 Å². The summed E-state index contributed by atoms with van der Waals surface area (Å²) in [6.45, 7) is 2.41. The average Bonchev–Trinajstić information content (AvgIpc) is 2.61. The van der Waals surface area contributed by atoms with Crippen LogP contribution in [0, 0.1) is 5.92 Å². The van der Waals surface area contributed by atoms with Crippen molar-refractivity contribution < 1.29 is 22.7 Å². The van der Waals surface area contributed by atoms with Gasteiger partial charge in [-0.2, -0.15) is 0 Å². The fourth-order valence-corrected chi connectivity index (χ4v) is 3.87. The summed E-state index contributed by atoms with van der Waals surface area (Å²) in [4.78, 5) is 12.4. The highest BCUT2D eigenvalue weighted by molar-refractivity contribution is 7.89. The van der Waals surface area contributed by atoms with E-state index < -0.39 is 10.0 Å². The van der Waals surface area contributed by atoms with Gasteiger partial charge in [0, 0.05) is 30.8 Å². The molecule has 0 radical (unpaired) electrons. The molecular weight excluding hydrogens is 332 g/mol. The monoisotopic (exact) mass is 356 g/mol. The van der Waals surface area contributed by atoms with E-state index in [-0.39, 0.29) is 17.6 Å². The molecule has 0 saturated carbocycles. The number of ether oxygens (including phenoxy) is 2. The first kappa shape index (κ1) is 18.5. The zero-order valence-electron chi connectivity index (χ0n) is 14.2. The number of carbonyl (C=O) groups excluding carboxylic acids is 1. The highest BCUT2D eigenvalue weighted by atomic mass is 32.2. The number of nitrogens with one attached hydrogen (secondary N) is 1. The highest BCUT2D eigenvalue weighted by Gasteiger charge is 2.30. The summed E-state index contributed by atoms with van der Waals surface area (Å²) in [5.41, 5.74) is 0.626. The molecule has 8 heteroatoms. The third-order valence-corrected chi connectivity index (χ3v) is 6.12. The van der Waals surface area contributed by atoms with Crippen molar-refractivity contribution in [2.45, 2.75) is 19.8 Å². The zero-order valence-corrected chi connectivity index (χ0v) is 15.1. The van der Waals surface area contributed by atoms with E-state index >= 15 is 0 Å². The van der Waals surface area contributed by atoms with Crippen molar-refractivity contribution in [2.75, 3.05) is 38.4 Å². The Labute approximate surface area is 143 Å². The van der Waals surface area contributed by atoms with Crippen LogP contribution in [0.1, 0.15) is 19.8 Å².